The standard InChI is InChI=1S/C14H18FN3O2/c1-3-17(4-2)9-12-11(8-13(19)20)16-14-10(15)6-5-7-18(12)14/h5-7H,3-4,8-9H2,1-2H3,(H,19,20). The second kappa shape index (κ2) is 6.00. The number of nitrogens with zero attached hydrogens (tertiary/aromatic N) is 3. The first-order valence-electron chi connectivity index (χ1n) is 6.65. The van der Waals surface area contributed by atoms with Gasteiger partial charge in [-0.2, -0.15) is 0 Å². The van der Waals surface area contributed by atoms with E-state index in [-0.39, 0.29) is 12.1 Å². The van der Waals surface area contributed by atoms with E-state index in [9.17, 15) is 9.18 Å². The normalized spacial score (nSPS) is 11.4. The number of hydrogen-bond acceptors (Lipinski definition) is 3. The predicted octanol–water partition coefficient (Wildman–Crippen LogP) is 1.94. The molecule has 0 atom stereocenters. The van der Waals surface area contributed by atoms with Crippen LogP contribution in [-0.2, 0) is 17.8 Å². The Balaban J connectivity index is 2.52. The molecule has 2 aromatic rings. The van der Waals surface area contributed by atoms with Gasteiger partial charge in [0.1, 0.15) is 0 Å². The zero-order valence-corrected chi connectivity index (χ0v) is 11.6. The Hall–Kier alpha value is -1.95. The quantitative estimate of drug-likeness (QED) is 0.878. The van der Waals surface area contributed by atoms with E-state index in [1.54, 1.807) is 16.7 Å². The van der Waals surface area contributed by atoms with Gasteiger partial charge in [0.15, 0.2) is 11.5 Å². The largest absolute Gasteiger partial charge is 0.481 e. The highest BCUT2D eigenvalue weighted by Crippen LogP contribution is 2.18. The maximum atomic E-state index is 13.8. The first-order valence-corrected chi connectivity index (χ1v) is 6.65. The van der Waals surface area contributed by atoms with Crippen LogP contribution >= 0.6 is 0 Å². The fourth-order valence-corrected chi connectivity index (χ4v) is 2.24. The minimum absolute atomic E-state index is 0.186. The van der Waals surface area contributed by atoms with E-state index in [0.29, 0.717) is 12.2 Å². The fraction of sp³-hybridized carbons (Fsp3) is 0.429. The maximum absolute atomic E-state index is 13.8. The number of fused-ring (bicyclic) bond motifs is 1. The van der Waals surface area contributed by atoms with Crippen molar-refractivity contribution >= 4 is 11.6 Å². The first-order chi connectivity index (χ1) is 9.56. The van der Waals surface area contributed by atoms with Crippen molar-refractivity contribution < 1.29 is 14.3 Å². The van der Waals surface area contributed by atoms with Crippen molar-refractivity contribution in [2.75, 3.05) is 13.1 Å². The van der Waals surface area contributed by atoms with E-state index in [1.807, 2.05) is 13.8 Å². The van der Waals surface area contributed by atoms with Crippen LogP contribution in [0.25, 0.3) is 5.65 Å². The Morgan fingerprint density at radius 3 is 2.75 bits per heavy atom. The highest BCUT2D eigenvalue weighted by atomic mass is 19.1. The molecule has 6 heteroatoms. The molecular weight excluding hydrogens is 261 g/mol. The molecule has 2 aromatic heterocycles. The molecule has 5 nitrogen and oxygen atoms in total. The van der Waals surface area contributed by atoms with Gasteiger partial charge in [-0.1, -0.05) is 13.8 Å². The Labute approximate surface area is 116 Å². The summed E-state index contributed by atoms with van der Waals surface area (Å²) in [7, 11) is 0. The highest BCUT2D eigenvalue weighted by Gasteiger charge is 2.18. The summed E-state index contributed by atoms with van der Waals surface area (Å²) in [5, 5.41) is 8.98. The van der Waals surface area contributed by atoms with Crippen LogP contribution in [0.3, 0.4) is 0 Å². The molecule has 0 amide bonds. The van der Waals surface area contributed by atoms with E-state index in [1.165, 1.54) is 6.07 Å². The second-order valence-corrected chi connectivity index (χ2v) is 4.59. The summed E-state index contributed by atoms with van der Waals surface area (Å²) in [4.78, 5) is 17.2. The van der Waals surface area contributed by atoms with Crippen LogP contribution in [0.15, 0.2) is 18.3 Å². The minimum Gasteiger partial charge on any atom is -0.481 e. The lowest BCUT2D eigenvalue weighted by Gasteiger charge is -2.18. The molecule has 0 aromatic carbocycles. The number of hydrogen-bond donors (Lipinski definition) is 1. The van der Waals surface area contributed by atoms with Crippen LogP contribution in [0.1, 0.15) is 25.2 Å². The van der Waals surface area contributed by atoms with Crippen molar-refractivity contribution in [3.05, 3.63) is 35.5 Å². The van der Waals surface area contributed by atoms with Gasteiger partial charge >= 0.3 is 5.97 Å². The number of halogens is 1. The van der Waals surface area contributed by atoms with Crippen LogP contribution in [-0.4, -0.2) is 38.4 Å². The average Bonchev–Trinajstić information content (AvgIpc) is 2.74. The molecule has 1 N–H and O–H groups in total. The number of aliphatic carboxylic acids is 1. The number of aromatic nitrogens is 2. The molecule has 2 heterocycles. The van der Waals surface area contributed by atoms with Gasteiger partial charge in [-0.15, -0.1) is 0 Å². The topological polar surface area (TPSA) is 57.8 Å². The molecule has 0 saturated heterocycles. The maximum Gasteiger partial charge on any atom is 0.309 e. The molecule has 0 aliphatic carbocycles. The lowest BCUT2D eigenvalue weighted by Crippen LogP contribution is -2.24. The van der Waals surface area contributed by atoms with Gasteiger partial charge in [-0.3, -0.25) is 9.69 Å². The third-order valence-corrected chi connectivity index (χ3v) is 3.37. The average molecular weight is 279 g/mol. The lowest BCUT2D eigenvalue weighted by molar-refractivity contribution is -0.136. The summed E-state index contributed by atoms with van der Waals surface area (Å²) in [6, 6.07) is 2.92. The lowest BCUT2D eigenvalue weighted by atomic mass is 10.2. The van der Waals surface area contributed by atoms with Crippen molar-refractivity contribution in [1.82, 2.24) is 14.3 Å². The summed E-state index contributed by atoms with van der Waals surface area (Å²) in [5.41, 5.74) is 1.35. The van der Waals surface area contributed by atoms with Gasteiger partial charge in [0, 0.05) is 12.7 Å². The van der Waals surface area contributed by atoms with Crippen LogP contribution in [0.5, 0.6) is 0 Å². The van der Waals surface area contributed by atoms with Crippen LogP contribution in [0, 0.1) is 5.82 Å². The van der Waals surface area contributed by atoms with Crippen LogP contribution in [0.2, 0.25) is 0 Å². The molecule has 2 rings (SSSR count). The van der Waals surface area contributed by atoms with Crippen molar-refractivity contribution in [2.45, 2.75) is 26.8 Å². The fourth-order valence-electron chi connectivity index (χ4n) is 2.24. The van der Waals surface area contributed by atoms with E-state index < -0.39 is 11.8 Å². The summed E-state index contributed by atoms with van der Waals surface area (Å²) in [6.07, 6.45) is 1.52. The minimum atomic E-state index is -0.963. The molecular formula is C14H18FN3O2. The van der Waals surface area contributed by atoms with E-state index in [0.717, 1.165) is 18.8 Å². The Bertz CT molecular complexity index is 620. The number of carbonyl (C=O) groups is 1. The van der Waals surface area contributed by atoms with Gasteiger partial charge in [-0.25, -0.2) is 9.37 Å². The zero-order valence-electron chi connectivity index (χ0n) is 11.6. The SMILES string of the molecule is CCN(CC)Cc1c(CC(=O)O)nc2c(F)cccn12. The zero-order chi connectivity index (χ0) is 14.7. The van der Waals surface area contributed by atoms with E-state index in [2.05, 4.69) is 9.88 Å². The summed E-state index contributed by atoms with van der Waals surface area (Å²) >= 11 is 0. The Morgan fingerprint density at radius 2 is 2.15 bits per heavy atom. The summed E-state index contributed by atoms with van der Waals surface area (Å²) < 4.78 is 15.4. The van der Waals surface area contributed by atoms with Gasteiger partial charge in [-0.05, 0) is 25.2 Å². The smallest absolute Gasteiger partial charge is 0.309 e. The molecule has 0 spiro atoms. The van der Waals surface area contributed by atoms with Crippen LogP contribution in [0.4, 0.5) is 4.39 Å². The van der Waals surface area contributed by atoms with Gasteiger partial charge in [0.25, 0.3) is 0 Å². The molecule has 0 aliphatic rings. The molecule has 0 radical (unpaired) electrons. The first kappa shape index (κ1) is 14.5. The predicted molar refractivity (Wildman–Crippen MR) is 73.1 cm³/mol. The third kappa shape index (κ3) is 2.80. The van der Waals surface area contributed by atoms with Crippen molar-refractivity contribution in [2.24, 2.45) is 0 Å². The number of carboxylic acids is 1. The summed E-state index contributed by atoms with van der Waals surface area (Å²) in [5.74, 6) is -1.40. The Morgan fingerprint density at radius 1 is 1.45 bits per heavy atom. The van der Waals surface area contributed by atoms with Crippen molar-refractivity contribution in [3.63, 3.8) is 0 Å². The highest BCUT2D eigenvalue weighted by molar-refractivity contribution is 5.70. The third-order valence-electron chi connectivity index (χ3n) is 3.37. The molecule has 0 saturated carbocycles. The molecule has 0 unspecified atom stereocenters. The second-order valence-electron chi connectivity index (χ2n) is 4.59. The van der Waals surface area contributed by atoms with E-state index in [4.69, 9.17) is 5.11 Å². The number of imidazole rings is 1. The van der Waals surface area contributed by atoms with Gasteiger partial charge < -0.3 is 9.51 Å². The summed E-state index contributed by atoms with van der Waals surface area (Å²) in [6.45, 7) is 6.30. The van der Waals surface area contributed by atoms with Gasteiger partial charge in [0.2, 0.25) is 0 Å². The number of carboxylic acid groups (broad SMARTS) is 1. The van der Waals surface area contributed by atoms with E-state index >= 15 is 0 Å². The molecule has 0 fully saturated rings. The molecule has 108 valence electrons. The molecule has 0 bridgehead atoms. The van der Waals surface area contributed by atoms with Crippen molar-refractivity contribution in [1.29, 1.82) is 0 Å². The Kier molecular flexibility index (Phi) is 4.34. The van der Waals surface area contributed by atoms with Crippen molar-refractivity contribution in [3.8, 4) is 0 Å². The number of rotatable bonds is 6. The molecule has 20 heavy (non-hydrogen) atoms. The molecule has 0 aliphatic heterocycles. The monoisotopic (exact) mass is 279 g/mol. The number of pyridine rings is 1. The van der Waals surface area contributed by atoms with Gasteiger partial charge in [0.05, 0.1) is 17.8 Å². The van der Waals surface area contributed by atoms with Crippen LogP contribution < -0.4 is 0 Å².